The number of anilines is 2. The lowest BCUT2D eigenvalue weighted by Crippen LogP contribution is -2.19. The van der Waals surface area contributed by atoms with Crippen LogP contribution >= 0.6 is 0 Å². The van der Waals surface area contributed by atoms with Gasteiger partial charge in [0.1, 0.15) is 5.82 Å². The lowest BCUT2D eigenvalue weighted by atomic mass is 10.1. The number of aryl methyl sites for hydroxylation is 2. The highest BCUT2D eigenvalue weighted by atomic mass is 16.1. The number of nitrogens with zero attached hydrogens (tertiary/aromatic N) is 3. The Morgan fingerprint density at radius 1 is 1.45 bits per heavy atom. The molecule has 2 aromatic heterocycles. The summed E-state index contributed by atoms with van der Waals surface area (Å²) in [5.41, 5.74) is 13.7. The average molecular weight is 274 g/mol. The summed E-state index contributed by atoms with van der Waals surface area (Å²) in [4.78, 5) is 15.8. The van der Waals surface area contributed by atoms with E-state index in [1.54, 1.807) is 17.1 Å². The normalized spacial score (nSPS) is 10.5. The Kier molecular flexibility index (Phi) is 3.88. The van der Waals surface area contributed by atoms with E-state index in [1.165, 1.54) is 0 Å². The summed E-state index contributed by atoms with van der Waals surface area (Å²) in [6, 6.07) is 1.83. The lowest BCUT2D eigenvalue weighted by Gasteiger charge is -2.12. The monoisotopic (exact) mass is 274 g/mol. The quantitative estimate of drug-likeness (QED) is 0.742. The maximum absolute atomic E-state index is 11.5. The van der Waals surface area contributed by atoms with Crippen molar-refractivity contribution in [3.63, 3.8) is 0 Å². The zero-order valence-electron chi connectivity index (χ0n) is 11.6. The second-order valence-corrected chi connectivity index (χ2v) is 4.63. The van der Waals surface area contributed by atoms with Crippen molar-refractivity contribution in [3.8, 4) is 0 Å². The molecule has 0 aliphatic heterocycles. The Balaban J connectivity index is 2.10. The number of nitrogen functional groups attached to an aromatic ring is 1. The molecule has 0 fully saturated rings. The van der Waals surface area contributed by atoms with Crippen molar-refractivity contribution in [2.24, 2.45) is 5.73 Å². The molecule has 0 radical (unpaired) electrons. The number of aromatic nitrogens is 3. The summed E-state index contributed by atoms with van der Waals surface area (Å²) in [6.45, 7) is 4.90. The highest BCUT2D eigenvalue weighted by Crippen LogP contribution is 2.17. The standard InChI is InChI=1S/C13H18N6O/c1-8-5-9(2)18-13(11(8)12(15)20)16-3-4-19-7-10(14)6-17-19/h5-7H,3-4,14H2,1-2H3,(H2,15,20)(H,16,18). The molecule has 2 aromatic rings. The Morgan fingerprint density at radius 2 is 2.20 bits per heavy atom. The minimum atomic E-state index is -0.485. The van der Waals surface area contributed by atoms with Crippen LogP contribution in [-0.2, 0) is 6.54 Å². The van der Waals surface area contributed by atoms with E-state index in [9.17, 15) is 4.79 Å². The van der Waals surface area contributed by atoms with Crippen LogP contribution in [0.4, 0.5) is 11.5 Å². The Morgan fingerprint density at radius 3 is 2.80 bits per heavy atom. The van der Waals surface area contributed by atoms with Gasteiger partial charge in [-0.1, -0.05) is 0 Å². The van der Waals surface area contributed by atoms with Crippen molar-refractivity contribution in [2.75, 3.05) is 17.6 Å². The summed E-state index contributed by atoms with van der Waals surface area (Å²) in [6.07, 6.45) is 3.33. The molecule has 0 saturated heterocycles. The molecule has 2 rings (SSSR count). The third-order valence-corrected chi connectivity index (χ3v) is 2.88. The number of carbonyl (C=O) groups excluding carboxylic acids is 1. The number of hydrogen-bond donors (Lipinski definition) is 3. The molecule has 0 aliphatic carbocycles. The number of carbonyl (C=O) groups is 1. The fourth-order valence-corrected chi connectivity index (χ4v) is 2.07. The topological polar surface area (TPSA) is 112 Å². The zero-order chi connectivity index (χ0) is 14.7. The molecule has 106 valence electrons. The van der Waals surface area contributed by atoms with Gasteiger partial charge in [-0.3, -0.25) is 9.48 Å². The first-order valence-corrected chi connectivity index (χ1v) is 6.27. The van der Waals surface area contributed by atoms with Crippen LogP contribution in [0, 0.1) is 13.8 Å². The number of amides is 1. The predicted octanol–water partition coefficient (Wildman–Crippen LogP) is 0.688. The predicted molar refractivity (Wildman–Crippen MR) is 77.4 cm³/mol. The van der Waals surface area contributed by atoms with Crippen LogP contribution in [-0.4, -0.2) is 27.2 Å². The second-order valence-electron chi connectivity index (χ2n) is 4.63. The average Bonchev–Trinajstić information content (AvgIpc) is 2.73. The van der Waals surface area contributed by atoms with E-state index in [0.29, 0.717) is 30.2 Å². The van der Waals surface area contributed by atoms with E-state index in [-0.39, 0.29) is 0 Å². The highest BCUT2D eigenvalue weighted by Gasteiger charge is 2.13. The molecule has 5 N–H and O–H groups in total. The minimum absolute atomic E-state index is 0.426. The van der Waals surface area contributed by atoms with Gasteiger partial charge in [-0.05, 0) is 25.5 Å². The number of hydrogen-bond acceptors (Lipinski definition) is 5. The van der Waals surface area contributed by atoms with E-state index in [2.05, 4.69) is 15.4 Å². The fourth-order valence-electron chi connectivity index (χ4n) is 2.07. The van der Waals surface area contributed by atoms with Crippen molar-refractivity contribution in [1.29, 1.82) is 0 Å². The molecule has 0 aromatic carbocycles. The molecular formula is C13H18N6O. The first-order chi connectivity index (χ1) is 9.47. The number of rotatable bonds is 5. The molecule has 0 atom stereocenters. The van der Waals surface area contributed by atoms with Crippen LogP contribution in [0.5, 0.6) is 0 Å². The molecule has 2 heterocycles. The van der Waals surface area contributed by atoms with Crippen LogP contribution in [0.25, 0.3) is 0 Å². The maximum atomic E-state index is 11.5. The number of nitrogens with two attached hydrogens (primary N) is 2. The Labute approximate surface area is 117 Å². The summed E-state index contributed by atoms with van der Waals surface area (Å²) in [5, 5.41) is 7.20. The second kappa shape index (κ2) is 5.60. The van der Waals surface area contributed by atoms with Gasteiger partial charge in [-0.25, -0.2) is 4.98 Å². The Hall–Kier alpha value is -2.57. The minimum Gasteiger partial charge on any atom is -0.396 e. The van der Waals surface area contributed by atoms with E-state index in [4.69, 9.17) is 11.5 Å². The van der Waals surface area contributed by atoms with Gasteiger partial charge in [0.15, 0.2) is 0 Å². The molecule has 0 saturated carbocycles. The van der Waals surface area contributed by atoms with Gasteiger partial charge in [0.2, 0.25) is 0 Å². The van der Waals surface area contributed by atoms with Crippen molar-refractivity contribution < 1.29 is 4.79 Å². The zero-order valence-corrected chi connectivity index (χ0v) is 11.6. The van der Waals surface area contributed by atoms with Crippen LogP contribution in [0.1, 0.15) is 21.6 Å². The van der Waals surface area contributed by atoms with Crippen molar-refractivity contribution >= 4 is 17.4 Å². The summed E-state index contributed by atoms with van der Waals surface area (Å²) < 4.78 is 1.72. The van der Waals surface area contributed by atoms with Crippen LogP contribution in [0.3, 0.4) is 0 Å². The number of nitrogens with one attached hydrogen (secondary N) is 1. The van der Waals surface area contributed by atoms with Gasteiger partial charge in [-0.2, -0.15) is 5.10 Å². The van der Waals surface area contributed by atoms with Crippen LogP contribution in [0.15, 0.2) is 18.5 Å². The first kappa shape index (κ1) is 13.9. The largest absolute Gasteiger partial charge is 0.396 e. The van der Waals surface area contributed by atoms with E-state index in [0.717, 1.165) is 11.3 Å². The summed E-state index contributed by atoms with van der Waals surface area (Å²) in [5.74, 6) is 0.0240. The molecular weight excluding hydrogens is 256 g/mol. The van der Waals surface area contributed by atoms with Gasteiger partial charge < -0.3 is 16.8 Å². The summed E-state index contributed by atoms with van der Waals surface area (Å²) >= 11 is 0. The Bertz CT molecular complexity index is 634. The lowest BCUT2D eigenvalue weighted by molar-refractivity contribution is 0.1000. The van der Waals surface area contributed by atoms with E-state index >= 15 is 0 Å². The molecule has 20 heavy (non-hydrogen) atoms. The van der Waals surface area contributed by atoms with E-state index in [1.807, 2.05) is 19.9 Å². The number of primary amides is 1. The third kappa shape index (κ3) is 3.05. The number of pyridine rings is 1. The highest BCUT2D eigenvalue weighted by molar-refractivity contribution is 5.99. The van der Waals surface area contributed by atoms with E-state index < -0.39 is 5.91 Å². The van der Waals surface area contributed by atoms with Crippen LogP contribution < -0.4 is 16.8 Å². The van der Waals surface area contributed by atoms with Crippen molar-refractivity contribution in [3.05, 3.63) is 35.3 Å². The molecule has 7 nitrogen and oxygen atoms in total. The molecule has 7 heteroatoms. The van der Waals surface area contributed by atoms with Gasteiger partial charge in [0.05, 0.1) is 24.0 Å². The smallest absolute Gasteiger partial charge is 0.252 e. The van der Waals surface area contributed by atoms with Gasteiger partial charge in [0.25, 0.3) is 5.91 Å². The van der Waals surface area contributed by atoms with Gasteiger partial charge in [0, 0.05) is 18.4 Å². The molecule has 0 aliphatic rings. The van der Waals surface area contributed by atoms with Gasteiger partial charge in [-0.15, -0.1) is 0 Å². The van der Waals surface area contributed by atoms with Crippen molar-refractivity contribution in [1.82, 2.24) is 14.8 Å². The third-order valence-electron chi connectivity index (χ3n) is 2.88. The molecule has 0 spiro atoms. The molecule has 0 unspecified atom stereocenters. The van der Waals surface area contributed by atoms with Crippen LogP contribution in [0.2, 0.25) is 0 Å². The molecule has 0 bridgehead atoms. The summed E-state index contributed by atoms with van der Waals surface area (Å²) in [7, 11) is 0. The SMILES string of the molecule is Cc1cc(C)c(C(N)=O)c(NCCn2cc(N)cn2)n1. The maximum Gasteiger partial charge on any atom is 0.252 e. The van der Waals surface area contributed by atoms with Crippen molar-refractivity contribution in [2.45, 2.75) is 20.4 Å². The molecule has 1 amide bonds. The van der Waals surface area contributed by atoms with Gasteiger partial charge >= 0.3 is 0 Å². The first-order valence-electron chi connectivity index (χ1n) is 6.27. The fraction of sp³-hybridized carbons (Fsp3) is 0.308.